The number of carbonyl (C=O) groups is 4. The van der Waals surface area contributed by atoms with Crippen LogP contribution in [0.2, 0.25) is 0 Å². The topological polar surface area (TPSA) is 182 Å². The molecule has 6 atom stereocenters. The quantitative estimate of drug-likeness (QED) is 0.260. The van der Waals surface area contributed by atoms with Crippen LogP contribution in [-0.4, -0.2) is 80.7 Å². The van der Waals surface area contributed by atoms with Gasteiger partial charge in [0.05, 0.1) is 48.1 Å². The van der Waals surface area contributed by atoms with Crippen molar-refractivity contribution >= 4 is 23.8 Å². The van der Waals surface area contributed by atoms with Gasteiger partial charge in [0.2, 0.25) is 11.8 Å². The van der Waals surface area contributed by atoms with Crippen LogP contribution >= 0.6 is 0 Å². The number of carbonyl (C=O) groups excluding carboxylic acids is 2. The lowest BCUT2D eigenvalue weighted by molar-refractivity contribution is -0.151. The van der Waals surface area contributed by atoms with Gasteiger partial charge in [0.1, 0.15) is 0 Å². The van der Waals surface area contributed by atoms with Gasteiger partial charge in [-0.05, 0) is 89.9 Å². The van der Waals surface area contributed by atoms with Crippen LogP contribution in [0.15, 0.2) is 0 Å². The number of hydrogen-bond acceptors (Lipinski definition) is 7. The molecule has 0 aromatic carbocycles. The SMILES string of the molecule is O=C(O)C1CCC(O)CC1C(=O)NC1CCC(OC2CCC(NC(=O)C3CC(O)CCC3C(=O)O)CC2)CC1. The summed E-state index contributed by atoms with van der Waals surface area (Å²) in [4.78, 5) is 48.8. The Balaban J connectivity index is 1.15. The second-order valence-electron chi connectivity index (χ2n) is 12.1. The molecule has 0 spiro atoms. The van der Waals surface area contributed by atoms with E-state index < -0.39 is 47.8 Å². The molecule has 4 aliphatic carbocycles. The molecule has 11 heteroatoms. The molecule has 0 heterocycles. The summed E-state index contributed by atoms with van der Waals surface area (Å²) in [5.41, 5.74) is 0. The van der Waals surface area contributed by atoms with Crippen molar-refractivity contribution in [1.82, 2.24) is 10.6 Å². The first kappa shape index (κ1) is 29.7. The van der Waals surface area contributed by atoms with E-state index in [0.717, 1.165) is 51.4 Å². The largest absolute Gasteiger partial charge is 0.481 e. The van der Waals surface area contributed by atoms with Crippen LogP contribution in [0.4, 0.5) is 0 Å². The number of aliphatic carboxylic acids is 2. The Morgan fingerprint density at radius 1 is 0.513 bits per heavy atom. The molecular formula is C28H44N2O9. The predicted molar refractivity (Wildman–Crippen MR) is 138 cm³/mol. The third-order valence-corrected chi connectivity index (χ3v) is 9.38. The predicted octanol–water partition coefficient (Wildman–Crippen LogP) is 1.58. The van der Waals surface area contributed by atoms with E-state index in [2.05, 4.69) is 10.6 Å². The van der Waals surface area contributed by atoms with Crippen LogP contribution in [-0.2, 0) is 23.9 Å². The Hall–Kier alpha value is -2.24. The van der Waals surface area contributed by atoms with Crippen molar-refractivity contribution in [2.75, 3.05) is 0 Å². The summed E-state index contributed by atoms with van der Waals surface area (Å²) in [5.74, 6) is -5.41. The Labute approximate surface area is 229 Å². The van der Waals surface area contributed by atoms with Gasteiger partial charge in [-0.2, -0.15) is 0 Å². The highest BCUT2D eigenvalue weighted by atomic mass is 16.5. The molecule has 6 unspecified atom stereocenters. The van der Waals surface area contributed by atoms with E-state index in [9.17, 15) is 39.6 Å². The molecule has 0 aliphatic heterocycles. The summed E-state index contributed by atoms with van der Waals surface area (Å²) in [6.07, 6.45) is 6.99. The van der Waals surface area contributed by atoms with Gasteiger partial charge in [-0.1, -0.05) is 0 Å². The van der Waals surface area contributed by atoms with Gasteiger partial charge < -0.3 is 35.8 Å². The lowest BCUT2D eigenvalue weighted by atomic mass is 9.77. The fourth-order valence-electron chi connectivity index (χ4n) is 7.04. The standard InChI is InChI=1S/C28H44N2O9/c31-17-5-11-21(27(35)36)23(13-17)25(33)29-15-1-7-19(8-2-15)39-20-9-3-16(4-10-20)30-26(34)24-14-18(32)6-12-22(24)28(37)38/h15-24,31-32H,1-14H2,(H,29,33)(H,30,34)(H,35,36)(H,37,38). The summed E-state index contributed by atoms with van der Waals surface area (Å²) in [5, 5.41) is 44.9. The third kappa shape index (κ3) is 7.91. The van der Waals surface area contributed by atoms with Crippen molar-refractivity contribution in [1.29, 1.82) is 0 Å². The fourth-order valence-corrected chi connectivity index (χ4v) is 7.04. The van der Waals surface area contributed by atoms with Gasteiger partial charge in [-0.15, -0.1) is 0 Å². The lowest BCUT2D eigenvalue weighted by Crippen LogP contribution is -2.48. The normalized spacial score (nSPS) is 39.3. The van der Waals surface area contributed by atoms with Gasteiger partial charge in [0.15, 0.2) is 0 Å². The average molecular weight is 553 g/mol. The van der Waals surface area contributed by atoms with Gasteiger partial charge in [-0.3, -0.25) is 19.2 Å². The smallest absolute Gasteiger partial charge is 0.307 e. The highest BCUT2D eigenvalue weighted by Crippen LogP contribution is 2.34. The molecule has 11 nitrogen and oxygen atoms in total. The molecule has 0 bridgehead atoms. The molecule has 4 saturated carbocycles. The minimum absolute atomic E-state index is 0.0234. The zero-order valence-corrected chi connectivity index (χ0v) is 22.5. The maximum Gasteiger partial charge on any atom is 0.307 e. The Morgan fingerprint density at radius 2 is 0.872 bits per heavy atom. The van der Waals surface area contributed by atoms with Gasteiger partial charge in [0.25, 0.3) is 0 Å². The molecule has 2 amide bonds. The number of hydrogen-bond donors (Lipinski definition) is 6. The number of carboxylic acid groups (broad SMARTS) is 2. The number of ether oxygens (including phenoxy) is 1. The Bertz CT molecular complexity index is 812. The highest BCUT2D eigenvalue weighted by Gasteiger charge is 2.41. The Kier molecular flexibility index (Phi) is 10.2. The van der Waals surface area contributed by atoms with Crippen LogP contribution in [0, 0.1) is 23.7 Å². The number of aliphatic hydroxyl groups excluding tert-OH is 2. The summed E-state index contributed by atoms with van der Waals surface area (Å²) in [6, 6.07) is -0.0468. The molecule has 0 aromatic heterocycles. The highest BCUT2D eigenvalue weighted by molar-refractivity contribution is 5.85. The number of aliphatic hydroxyl groups is 2. The lowest BCUT2D eigenvalue weighted by Gasteiger charge is -2.37. The first-order valence-electron chi connectivity index (χ1n) is 14.7. The molecule has 0 saturated heterocycles. The number of carboxylic acids is 2. The van der Waals surface area contributed by atoms with Gasteiger partial charge >= 0.3 is 11.9 Å². The monoisotopic (exact) mass is 552 g/mol. The van der Waals surface area contributed by atoms with Crippen molar-refractivity contribution in [3.8, 4) is 0 Å². The average Bonchev–Trinajstić information content (AvgIpc) is 2.90. The van der Waals surface area contributed by atoms with E-state index in [4.69, 9.17) is 4.74 Å². The van der Waals surface area contributed by atoms with Crippen LogP contribution in [0.1, 0.15) is 89.9 Å². The van der Waals surface area contributed by atoms with Crippen molar-refractivity contribution in [3.63, 3.8) is 0 Å². The molecule has 220 valence electrons. The number of nitrogens with one attached hydrogen (secondary N) is 2. The fraction of sp³-hybridized carbons (Fsp3) is 0.857. The van der Waals surface area contributed by atoms with Crippen LogP contribution in [0.5, 0.6) is 0 Å². The van der Waals surface area contributed by atoms with Crippen molar-refractivity contribution < 1.29 is 44.3 Å². The maximum absolute atomic E-state index is 12.8. The minimum atomic E-state index is -0.981. The van der Waals surface area contributed by atoms with Crippen LogP contribution in [0.25, 0.3) is 0 Å². The third-order valence-electron chi connectivity index (χ3n) is 9.38. The van der Waals surface area contributed by atoms with Crippen LogP contribution in [0.3, 0.4) is 0 Å². The number of amides is 2. The van der Waals surface area contributed by atoms with E-state index in [1.54, 1.807) is 0 Å². The maximum atomic E-state index is 12.8. The van der Waals surface area contributed by atoms with Gasteiger partial charge in [-0.25, -0.2) is 0 Å². The second kappa shape index (κ2) is 13.4. The van der Waals surface area contributed by atoms with Crippen molar-refractivity contribution in [2.24, 2.45) is 23.7 Å². The zero-order chi connectivity index (χ0) is 28.1. The minimum Gasteiger partial charge on any atom is -0.481 e. The molecule has 0 aromatic rings. The summed E-state index contributed by atoms with van der Waals surface area (Å²) in [6.45, 7) is 0. The first-order chi connectivity index (χ1) is 18.6. The first-order valence-corrected chi connectivity index (χ1v) is 14.7. The number of rotatable bonds is 8. The molecule has 4 rings (SSSR count). The van der Waals surface area contributed by atoms with Gasteiger partial charge in [0, 0.05) is 12.1 Å². The zero-order valence-electron chi connectivity index (χ0n) is 22.5. The molecular weight excluding hydrogens is 508 g/mol. The van der Waals surface area contributed by atoms with E-state index in [1.165, 1.54) is 0 Å². The molecule has 0 radical (unpaired) electrons. The van der Waals surface area contributed by atoms with E-state index in [1.807, 2.05) is 0 Å². The van der Waals surface area contributed by atoms with Crippen molar-refractivity contribution in [2.45, 2.75) is 126 Å². The summed E-state index contributed by atoms with van der Waals surface area (Å²) in [7, 11) is 0. The molecule has 4 aliphatic rings. The second-order valence-corrected chi connectivity index (χ2v) is 12.1. The molecule has 6 N–H and O–H groups in total. The summed E-state index contributed by atoms with van der Waals surface area (Å²) >= 11 is 0. The van der Waals surface area contributed by atoms with E-state index in [-0.39, 0.29) is 48.9 Å². The molecule has 4 fully saturated rings. The van der Waals surface area contributed by atoms with Crippen LogP contribution < -0.4 is 10.6 Å². The summed E-state index contributed by atoms with van der Waals surface area (Å²) < 4.78 is 6.35. The Morgan fingerprint density at radius 3 is 1.21 bits per heavy atom. The molecule has 39 heavy (non-hydrogen) atoms. The van der Waals surface area contributed by atoms with E-state index in [0.29, 0.717) is 25.7 Å². The van der Waals surface area contributed by atoms with Crippen molar-refractivity contribution in [3.05, 3.63) is 0 Å². The van der Waals surface area contributed by atoms with E-state index >= 15 is 0 Å².